The number of pyridine rings is 1. The van der Waals surface area contributed by atoms with E-state index < -0.39 is 0 Å². The summed E-state index contributed by atoms with van der Waals surface area (Å²) < 4.78 is 0. The molecule has 0 spiro atoms. The fourth-order valence-electron chi connectivity index (χ4n) is 4.01. The molecule has 0 radical (unpaired) electrons. The monoisotopic (exact) mass is 662 g/mol. The van der Waals surface area contributed by atoms with Crippen LogP contribution in [0.4, 0.5) is 0 Å². The van der Waals surface area contributed by atoms with Crippen molar-refractivity contribution in [1.29, 1.82) is 5.41 Å². The Labute approximate surface area is 323 Å². The van der Waals surface area contributed by atoms with Crippen molar-refractivity contribution in [2.45, 2.75) is 121 Å². The summed E-state index contributed by atoms with van der Waals surface area (Å²) in [5.41, 5.74) is 13.3. The van der Waals surface area contributed by atoms with Gasteiger partial charge in [-0.3, -0.25) is 9.78 Å². The van der Waals surface area contributed by atoms with Gasteiger partial charge in [-0.1, -0.05) is 73.0 Å². The Bertz CT molecular complexity index is 1190. The van der Waals surface area contributed by atoms with Gasteiger partial charge < -0.3 is 22.9 Å². The number of nitrogens with two attached hydrogens (primary N) is 1. The van der Waals surface area contributed by atoms with Crippen LogP contribution in [-0.4, -0.2) is 35.7 Å². The number of hydrogen-bond donors (Lipinski definition) is 3. The van der Waals surface area contributed by atoms with Gasteiger partial charge in [-0.05, 0) is 70.5 Å². The van der Waals surface area contributed by atoms with Crippen LogP contribution in [0.1, 0.15) is 120 Å². The minimum atomic E-state index is 0. The molecule has 1 unspecified atom stereocenters. The van der Waals surface area contributed by atoms with Gasteiger partial charge in [0.15, 0.2) is 0 Å². The van der Waals surface area contributed by atoms with Gasteiger partial charge in [-0.15, -0.1) is 16.9 Å². The molecule has 2 heterocycles. The zero-order valence-corrected chi connectivity index (χ0v) is 34.7. The van der Waals surface area contributed by atoms with Gasteiger partial charge >= 0.3 is 51.4 Å². The molecule has 4 N–H and O–H groups in total. The van der Waals surface area contributed by atoms with E-state index in [1.807, 2.05) is 53.7 Å². The first-order chi connectivity index (χ1) is 21.0. The van der Waals surface area contributed by atoms with Crippen molar-refractivity contribution in [3.63, 3.8) is 0 Å². The Hall–Kier alpha value is -1.26. The molecule has 1 atom stereocenters. The third-order valence-electron chi connectivity index (χ3n) is 6.24. The van der Waals surface area contributed by atoms with Crippen molar-refractivity contribution >= 4 is 23.5 Å². The summed E-state index contributed by atoms with van der Waals surface area (Å²) in [7, 11) is 1.50. The average Bonchev–Trinajstić information content (AvgIpc) is 3.86. The summed E-state index contributed by atoms with van der Waals surface area (Å²) >= 11 is 1.70. The number of carbonyl (C=O) groups is 1. The first-order valence-electron chi connectivity index (χ1n) is 16.1. The standard InChI is InChI=1S/C18H25N3OS.C10H12N.C3H5.C3H8.C2H6.CH5N.K/c1-6-7-15(9-19-10-22)16-8-11(2)12(3)17(21-16)18-13(4)20-14(5)23-18;1-4-9-6-7(2)5-8(3)10(9)11;1-2-3-1;1-3-2;2*1-2;/h8,10,15H,6-7,9H2,1-5H3,(H,19,22);3,5-6,11H,4H2,1-2H3;1H,2-3H2;3H2,1-2H3;1-2H3;2H2,1H3;/q;2*-1;;;;+1. The van der Waals surface area contributed by atoms with E-state index in [0.717, 1.165) is 63.8 Å². The smallest absolute Gasteiger partial charge is 0.364 e. The number of nitrogens with zero attached hydrogens (tertiary/aromatic N) is 2. The predicted molar refractivity (Wildman–Crippen MR) is 195 cm³/mol. The molecule has 45 heavy (non-hydrogen) atoms. The zero-order valence-electron chi connectivity index (χ0n) is 30.8. The third-order valence-corrected chi connectivity index (χ3v) is 7.32. The molecule has 0 bridgehead atoms. The van der Waals surface area contributed by atoms with E-state index in [2.05, 4.69) is 63.1 Å². The summed E-state index contributed by atoms with van der Waals surface area (Å²) in [5.74, 6) is 0.248. The van der Waals surface area contributed by atoms with Crippen LogP contribution >= 0.6 is 11.3 Å². The second kappa shape index (κ2) is 28.9. The summed E-state index contributed by atoms with van der Waals surface area (Å²) in [4.78, 5) is 21.3. The van der Waals surface area contributed by atoms with E-state index in [4.69, 9.17) is 17.0 Å². The molecule has 2 aromatic rings. The van der Waals surface area contributed by atoms with Gasteiger partial charge in [-0.25, -0.2) is 24.4 Å². The number of hydrogen-bond acceptors (Lipinski definition) is 6. The summed E-state index contributed by atoms with van der Waals surface area (Å²) in [6.45, 7) is 29.0. The van der Waals surface area contributed by atoms with Crippen LogP contribution < -0.4 is 62.4 Å². The predicted octanol–water partition coefficient (Wildman–Crippen LogP) is 6.74. The van der Waals surface area contributed by atoms with Crippen molar-refractivity contribution in [3.8, 4) is 10.6 Å². The molecule has 0 aromatic carbocycles. The Balaban J connectivity index is -0.000000664. The van der Waals surface area contributed by atoms with Gasteiger partial charge in [0.1, 0.15) is 0 Å². The number of allylic oxidation sites excluding steroid dienone is 5. The van der Waals surface area contributed by atoms with Crippen molar-refractivity contribution in [2.75, 3.05) is 13.6 Å². The fraction of sp³-hybridized carbons (Fsp3) is 0.541. The van der Waals surface area contributed by atoms with E-state index in [-0.39, 0.29) is 57.3 Å². The first kappa shape index (κ1) is 48.1. The Morgan fingerprint density at radius 1 is 1.07 bits per heavy atom. The maximum Gasteiger partial charge on any atom is 1.00 e. The van der Waals surface area contributed by atoms with E-state index >= 15 is 0 Å². The van der Waals surface area contributed by atoms with E-state index in [1.165, 1.54) is 37.4 Å². The molecule has 1 fully saturated rings. The minimum absolute atomic E-state index is 0. The Morgan fingerprint density at radius 3 is 2.04 bits per heavy atom. The average molecular weight is 663 g/mol. The Morgan fingerprint density at radius 2 is 1.62 bits per heavy atom. The molecule has 2 aliphatic rings. The topological polar surface area (TPSA) is 105 Å². The van der Waals surface area contributed by atoms with Crippen LogP contribution in [0.5, 0.6) is 0 Å². The van der Waals surface area contributed by atoms with Crippen molar-refractivity contribution in [1.82, 2.24) is 15.3 Å². The molecule has 248 valence electrons. The van der Waals surface area contributed by atoms with Crippen molar-refractivity contribution < 1.29 is 56.2 Å². The normalized spacial score (nSPS) is 12.9. The summed E-state index contributed by atoms with van der Waals surface area (Å²) in [5, 5.41) is 11.4. The molecule has 0 aliphatic heterocycles. The van der Waals surface area contributed by atoms with E-state index in [0.29, 0.717) is 17.8 Å². The molecular formula is C37H61KN5OS-. The molecule has 1 amide bonds. The second-order valence-electron chi connectivity index (χ2n) is 10.3. The van der Waals surface area contributed by atoms with E-state index in [1.54, 1.807) is 11.3 Å². The largest absolute Gasteiger partial charge is 1.00 e. The molecule has 4 rings (SSSR count). The molecule has 2 aromatic heterocycles. The van der Waals surface area contributed by atoms with Crippen LogP contribution in [-0.2, 0) is 4.79 Å². The van der Waals surface area contributed by atoms with Crippen LogP contribution in [0.15, 0.2) is 34.9 Å². The molecular weight excluding hydrogens is 602 g/mol. The van der Waals surface area contributed by atoms with Gasteiger partial charge in [-0.2, -0.15) is 11.6 Å². The number of carbonyl (C=O) groups excluding carboxylic acids is 1. The maximum absolute atomic E-state index is 10.7. The third kappa shape index (κ3) is 19.2. The Kier molecular flexibility index (Phi) is 30.9. The van der Waals surface area contributed by atoms with Gasteiger partial charge in [0.2, 0.25) is 6.41 Å². The SMILES string of the molecule is CC.CCC.CCCC(CNC=O)c1cc(C)c(C)c(-c2sc(C)nc2C)n1.CN.[CH-]1CC1.[CH-]=C1C=C(C)C=C(CC)C1=N.[K+]. The van der Waals surface area contributed by atoms with Crippen LogP contribution in [0.2, 0.25) is 0 Å². The molecule has 6 nitrogen and oxygen atoms in total. The minimum Gasteiger partial charge on any atom is -0.364 e. The second-order valence-corrected chi connectivity index (χ2v) is 11.5. The van der Waals surface area contributed by atoms with Gasteiger partial charge in [0, 0.05) is 18.2 Å². The van der Waals surface area contributed by atoms with Crippen LogP contribution in [0.25, 0.3) is 10.6 Å². The number of nitrogens with one attached hydrogen (secondary N) is 2. The van der Waals surface area contributed by atoms with E-state index in [9.17, 15) is 4.79 Å². The molecule has 0 saturated heterocycles. The fourth-order valence-corrected chi connectivity index (χ4v) is 4.97. The van der Waals surface area contributed by atoms with Crippen molar-refractivity contribution in [2.24, 2.45) is 5.73 Å². The zero-order chi connectivity index (χ0) is 34.2. The summed E-state index contributed by atoms with van der Waals surface area (Å²) in [6.07, 6.45) is 13.8. The number of amides is 1. The first-order valence-corrected chi connectivity index (χ1v) is 16.9. The quantitative estimate of drug-likeness (QED) is 0.166. The number of rotatable bonds is 8. The van der Waals surface area contributed by atoms with Gasteiger partial charge in [0.05, 0.1) is 21.3 Å². The van der Waals surface area contributed by atoms with Crippen LogP contribution in [0, 0.1) is 46.1 Å². The van der Waals surface area contributed by atoms with Crippen molar-refractivity contribution in [3.05, 3.63) is 75.5 Å². The number of thiazole rings is 1. The maximum atomic E-state index is 10.7. The number of aromatic nitrogens is 2. The molecule has 1 saturated carbocycles. The molecule has 8 heteroatoms. The number of aryl methyl sites for hydroxylation is 3. The molecule has 2 aliphatic carbocycles. The van der Waals surface area contributed by atoms with Crippen LogP contribution in [0.3, 0.4) is 0 Å². The van der Waals surface area contributed by atoms with Gasteiger partial charge in [0.25, 0.3) is 0 Å². The summed E-state index contributed by atoms with van der Waals surface area (Å²) in [6, 6.07) is 2.16.